The van der Waals surface area contributed by atoms with Gasteiger partial charge < -0.3 is 9.47 Å². The number of primary sulfonamides is 1. The highest BCUT2D eigenvalue weighted by atomic mass is 32.2. The Morgan fingerprint density at radius 3 is 2.44 bits per heavy atom. The van der Waals surface area contributed by atoms with Crippen molar-refractivity contribution in [2.24, 2.45) is 5.14 Å². The lowest BCUT2D eigenvalue weighted by atomic mass is 9.96. The molecule has 0 aromatic heterocycles. The fourth-order valence-corrected chi connectivity index (χ4v) is 4.56. The highest BCUT2D eigenvalue weighted by Crippen LogP contribution is 2.32. The third kappa shape index (κ3) is 3.64. The van der Waals surface area contributed by atoms with Crippen molar-refractivity contribution in [3.05, 3.63) is 0 Å². The third-order valence-electron chi connectivity index (χ3n) is 3.24. The molecule has 2 aliphatic rings. The first-order valence-corrected chi connectivity index (χ1v) is 9.20. The van der Waals surface area contributed by atoms with Crippen LogP contribution in [-0.2, 0) is 29.3 Å². The summed E-state index contributed by atoms with van der Waals surface area (Å²) in [6.45, 7) is 0.481. The van der Waals surface area contributed by atoms with Crippen molar-refractivity contribution < 1.29 is 26.3 Å². The van der Waals surface area contributed by atoms with Gasteiger partial charge in [-0.3, -0.25) is 0 Å². The van der Waals surface area contributed by atoms with Crippen LogP contribution >= 0.6 is 0 Å². The molecule has 2 saturated heterocycles. The lowest BCUT2D eigenvalue weighted by Gasteiger charge is -2.43. The molecule has 1 spiro atoms. The van der Waals surface area contributed by atoms with Gasteiger partial charge in [0.2, 0.25) is 10.0 Å². The SMILES string of the molecule is NS(=O)(=O)CC1COCC2(CCS(=O)(=O)CC2)O1. The standard InChI is InChI=1S/C9H17NO6S2/c10-18(13,14)6-8-5-15-7-9(16-8)1-3-17(11,12)4-2-9/h8H,1-7H2,(H2,10,13,14). The molecule has 0 amide bonds. The smallest absolute Gasteiger partial charge is 0.211 e. The number of nitrogens with two attached hydrogens (primary N) is 1. The van der Waals surface area contributed by atoms with Gasteiger partial charge in [0.15, 0.2) is 9.84 Å². The Bertz CT molecular complexity index is 497. The molecule has 9 heteroatoms. The molecule has 0 saturated carbocycles. The van der Waals surface area contributed by atoms with Crippen LogP contribution in [0.1, 0.15) is 12.8 Å². The van der Waals surface area contributed by atoms with Crippen molar-refractivity contribution >= 4 is 19.9 Å². The normalized spacial score (nSPS) is 31.3. The fraction of sp³-hybridized carbons (Fsp3) is 1.00. The van der Waals surface area contributed by atoms with E-state index in [1.165, 1.54) is 0 Å². The van der Waals surface area contributed by atoms with E-state index in [0.29, 0.717) is 19.4 Å². The summed E-state index contributed by atoms with van der Waals surface area (Å²) >= 11 is 0. The Kier molecular flexibility index (Phi) is 3.72. The van der Waals surface area contributed by atoms with Gasteiger partial charge in [-0.1, -0.05) is 0 Å². The topological polar surface area (TPSA) is 113 Å². The minimum absolute atomic E-state index is 0.0540. The second-order valence-corrected chi connectivity index (χ2v) is 8.88. The molecule has 2 fully saturated rings. The molecule has 2 heterocycles. The van der Waals surface area contributed by atoms with Gasteiger partial charge in [0.05, 0.1) is 42.2 Å². The van der Waals surface area contributed by atoms with Crippen molar-refractivity contribution in [1.29, 1.82) is 0 Å². The zero-order chi connectivity index (χ0) is 13.4. The maximum atomic E-state index is 11.4. The molecule has 0 aliphatic carbocycles. The highest BCUT2D eigenvalue weighted by molar-refractivity contribution is 7.91. The largest absolute Gasteiger partial charge is 0.376 e. The number of hydrogen-bond acceptors (Lipinski definition) is 6. The van der Waals surface area contributed by atoms with Crippen LogP contribution in [0.3, 0.4) is 0 Å². The van der Waals surface area contributed by atoms with Crippen LogP contribution in [0.4, 0.5) is 0 Å². The Labute approximate surface area is 107 Å². The Balaban J connectivity index is 2.03. The molecule has 7 nitrogen and oxygen atoms in total. The lowest BCUT2D eigenvalue weighted by Crippen LogP contribution is -2.53. The van der Waals surface area contributed by atoms with Gasteiger partial charge in [0, 0.05) is 0 Å². The number of ether oxygens (including phenoxy) is 2. The van der Waals surface area contributed by atoms with Crippen LogP contribution < -0.4 is 5.14 Å². The van der Waals surface area contributed by atoms with Crippen LogP contribution in [0.2, 0.25) is 0 Å². The molecule has 0 radical (unpaired) electrons. The van der Waals surface area contributed by atoms with E-state index in [4.69, 9.17) is 14.6 Å². The average molecular weight is 299 g/mol. The minimum Gasteiger partial charge on any atom is -0.376 e. The Morgan fingerprint density at radius 1 is 1.28 bits per heavy atom. The van der Waals surface area contributed by atoms with Gasteiger partial charge in [-0.2, -0.15) is 0 Å². The van der Waals surface area contributed by atoms with Crippen molar-refractivity contribution in [3.63, 3.8) is 0 Å². The van der Waals surface area contributed by atoms with Gasteiger partial charge >= 0.3 is 0 Å². The second kappa shape index (κ2) is 4.71. The van der Waals surface area contributed by atoms with Crippen molar-refractivity contribution in [1.82, 2.24) is 0 Å². The highest BCUT2D eigenvalue weighted by Gasteiger charge is 2.43. The summed E-state index contributed by atoms with van der Waals surface area (Å²) in [4.78, 5) is 0. The predicted octanol–water partition coefficient (Wildman–Crippen LogP) is -1.36. The summed E-state index contributed by atoms with van der Waals surface area (Å²) in [7, 11) is -6.61. The zero-order valence-corrected chi connectivity index (χ0v) is 11.5. The van der Waals surface area contributed by atoms with E-state index in [9.17, 15) is 16.8 Å². The first-order valence-electron chi connectivity index (χ1n) is 5.66. The number of hydrogen-bond donors (Lipinski definition) is 1. The van der Waals surface area contributed by atoms with Crippen LogP contribution in [0.15, 0.2) is 0 Å². The van der Waals surface area contributed by atoms with E-state index in [1.807, 2.05) is 0 Å². The van der Waals surface area contributed by atoms with E-state index in [2.05, 4.69) is 0 Å². The lowest BCUT2D eigenvalue weighted by molar-refractivity contribution is -0.194. The monoisotopic (exact) mass is 299 g/mol. The first-order chi connectivity index (χ1) is 8.20. The van der Waals surface area contributed by atoms with E-state index in [-0.39, 0.29) is 23.9 Å². The van der Waals surface area contributed by atoms with Crippen molar-refractivity contribution in [2.75, 3.05) is 30.5 Å². The average Bonchev–Trinajstić information content (AvgIpc) is 2.21. The summed E-state index contributed by atoms with van der Waals surface area (Å²) in [5, 5.41) is 4.97. The molecular weight excluding hydrogens is 282 g/mol. The van der Waals surface area contributed by atoms with Gasteiger partial charge in [0.25, 0.3) is 0 Å². The Morgan fingerprint density at radius 2 is 1.89 bits per heavy atom. The van der Waals surface area contributed by atoms with Gasteiger partial charge in [-0.25, -0.2) is 22.0 Å². The fourth-order valence-electron chi connectivity index (χ4n) is 2.31. The summed E-state index contributed by atoms with van der Waals surface area (Å²) in [6.07, 6.45) is 0.0713. The van der Waals surface area contributed by atoms with Crippen LogP contribution in [-0.4, -0.2) is 59.0 Å². The Hall–Kier alpha value is -0.220. The van der Waals surface area contributed by atoms with E-state index in [1.54, 1.807) is 0 Å². The van der Waals surface area contributed by atoms with E-state index >= 15 is 0 Å². The van der Waals surface area contributed by atoms with Crippen LogP contribution in [0.25, 0.3) is 0 Å². The molecule has 2 rings (SSSR count). The summed E-state index contributed by atoms with van der Waals surface area (Å²) in [6, 6.07) is 0. The number of sulfonamides is 1. The molecule has 1 unspecified atom stereocenters. The zero-order valence-electron chi connectivity index (χ0n) is 9.87. The molecule has 18 heavy (non-hydrogen) atoms. The first kappa shape index (κ1) is 14.2. The number of rotatable bonds is 2. The molecule has 2 N–H and O–H groups in total. The van der Waals surface area contributed by atoms with Crippen LogP contribution in [0, 0.1) is 0 Å². The number of sulfone groups is 1. The molecule has 2 aliphatic heterocycles. The summed E-state index contributed by atoms with van der Waals surface area (Å²) in [5.74, 6) is -0.196. The minimum atomic E-state index is -3.63. The molecule has 1 atom stereocenters. The summed E-state index contributed by atoms with van der Waals surface area (Å²) in [5.41, 5.74) is -0.668. The van der Waals surface area contributed by atoms with E-state index < -0.39 is 31.6 Å². The van der Waals surface area contributed by atoms with Crippen molar-refractivity contribution in [3.8, 4) is 0 Å². The quantitative estimate of drug-likeness (QED) is 0.673. The maximum absolute atomic E-state index is 11.4. The maximum Gasteiger partial charge on any atom is 0.211 e. The van der Waals surface area contributed by atoms with Gasteiger partial charge in [-0.05, 0) is 12.8 Å². The second-order valence-electron chi connectivity index (χ2n) is 4.92. The van der Waals surface area contributed by atoms with Gasteiger partial charge in [-0.15, -0.1) is 0 Å². The summed E-state index contributed by atoms with van der Waals surface area (Å²) < 4.78 is 55.9. The molecule has 0 bridgehead atoms. The van der Waals surface area contributed by atoms with E-state index in [0.717, 1.165) is 0 Å². The molecule has 106 valence electrons. The van der Waals surface area contributed by atoms with Crippen molar-refractivity contribution in [2.45, 2.75) is 24.5 Å². The predicted molar refractivity (Wildman–Crippen MR) is 64.3 cm³/mol. The third-order valence-corrected chi connectivity index (χ3v) is 5.73. The van der Waals surface area contributed by atoms with Crippen LogP contribution in [0.5, 0.6) is 0 Å². The molecule has 0 aromatic rings. The van der Waals surface area contributed by atoms with Gasteiger partial charge in [0.1, 0.15) is 0 Å². The molecular formula is C9H17NO6S2. The molecule has 0 aromatic carbocycles.